The van der Waals surface area contributed by atoms with Crippen LogP contribution in [-0.4, -0.2) is 15.0 Å². The van der Waals surface area contributed by atoms with Gasteiger partial charge in [-0.25, -0.2) is 9.97 Å². The number of aromatic nitrogens is 3. The van der Waals surface area contributed by atoms with E-state index in [1.165, 1.54) is 5.56 Å². The number of fused-ring (bicyclic) bond motifs is 1. The van der Waals surface area contributed by atoms with Gasteiger partial charge in [-0.2, -0.15) is 0 Å². The number of H-pyrrole nitrogens is 1. The van der Waals surface area contributed by atoms with Crippen LogP contribution in [0.4, 0.5) is 0 Å². The van der Waals surface area contributed by atoms with Crippen LogP contribution >= 0.6 is 0 Å². The molecule has 0 aliphatic heterocycles. The van der Waals surface area contributed by atoms with Crippen LogP contribution in [0.1, 0.15) is 29.7 Å². The molecule has 0 unspecified atom stereocenters. The molecular weight excluding hydrogens is 346 g/mol. The van der Waals surface area contributed by atoms with E-state index in [1.807, 2.05) is 36.4 Å². The van der Waals surface area contributed by atoms with Crippen molar-refractivity contribution in [2.45, 2.75) is 19.4 Å². The van der Waals surface area contributed by atoms with Crippen molar-refractivity contribution in [3.8, 4) is 11.3 Å². The fourth-order valence-corrected chi connectivity index (χ4v) is 3.27. The molecule has 2 aromatic carbocycles. The summed E-state index contributed by atoms with van der Waals surface area (Å²) < 4.78 is 0. The lowest BCUT2D eigenvalue weighted by molar-refractivity contribution is 0.885. The molecule has 0 saturated heterocycles. The molecule has 5 nitrogen and oxygen atoms in total. The van der Waals surface area contributed by atoms with E-state index in [0.29, 0.717) is 6.54 Å². The van der Waals surface area contributed by atoms with Crippen molar-refractivity contribution in [1.29, 1.82) is 0 Å². The third-order valence-electron chi connectivity index (χ3n) is 5.06. The molecule has 2 aromatic heterocycles. The molecule has 0 aliphatic rings. The number of rotatable bonds is 5. The highest BCUT2D eigenvalue weighted by Gasteiger charge is 2.12. The maximum absolute atomic E-state index is 6.40. The fraction of sp³-hybridized carbons (Fsp3) is 0.130. The van der Waals surface area contributed by atoms with Crippen LogP contribution < -0.4 is 11.5 Å². The van der Waals surface area contributed by atoms with Gasteiger partial charge in [0.05, 0.1) is 5.69 Å². The van der Waals surface area contributed by atoms with Gasteiger partial charge in [-0.05, 0) is 28.8 Å². The second-order valence-electron chi connectivity index (χ2n) is 6.88. The molecular formula is C23H23N5. The summed E-state index contributed by atoms with van der Waals surface area (Å²) in [6.45, 7) is 2.63. The Labute approximate surface area is 164 Å². The van der Waals surface area contributed by atoms with E-state index in [0.717, 1.165) is 39.2 Å². The number of nitrogens with one attached hydrogen (secondary N) is 1. The van der Waals surface area contributed by atoms with E-state index in [-0.39, 0.29) is 5.92 Å². The van der Waals surface area contributed by atoms with Gasteiger partial charge in [0.15, 0.2) is 0 Å². The van der Waals surface area contributed by atoms with Gasteiger partial charge in [0.2, 0.25) is 0 Å². The molecule has 4 rings (SSSR count). The van der Waals surface area contributed by atoms with Gasteiger partial charge in [0.25, 0.3) is 0 Å². The third-order valence-corrected chi connectivity index (χ3v) is 5.06. The lowest BCUT2D eigenvalue weighted by atomic mass is 9.97. The van der Waals surface area contributed by atoms with Crippen LogP contribution in [0.3, 0.4) is 0 Å². The predicted octanol–water partition coefficient (Wildman–Crippen LogP) is 4.19. The van der Waals surface area contributed by atoms with Crippen LogP contribution in [-0.2, 0) is 6.54 Å². The van der Waals surface area contributed by atoms with Crippen LogP contribution in [0, 0.1) is 0 Å². The van der Waals surface area contributed by atoms with Crippen molar-refractivity contribution in [3.63, 3.8) is 0 Å². The van der Waals surface area contributed by atoms with Gasteiger partial charge in [-0.3, -0.25) is 0 Å². The summed E-state index contributed by atoms with van der Waals surface area (Å²) in [5, 5.41) is 0.948. The van der Waals surface area contributed by atoms with E-state index in [4.69, 9.17) is 11.5 Å². The number of hydrogen-bond donors (Lipinski definition) is 3. The second kappa shape index (κ2) is 7.66. The Bertz CT molecular complexity index is 1110. The van der Waals surface area contributed by atoms with E-state index in [9.17, 15) is 0 Å². The van der Waals surface area contributed by atoms with Crippen molar-refractivity contribution in [3.05, 3.63) is 89.5 Å². The zero-order valence-electron chi connectivity index (χ0n) is 15.8. The zero-order valence-corrected chi connectivity index (χ0v) is 15.8. The standard InChI is InChI=1S/C23H23N5/c1-15(17-5-3-2-4-6-17)20(25)12-22-19-11-21(28-23(19)27-14-26-22)18-9-7-16(13-24)8-10-18/h2-12,14-15H,13,24-25H2,1H3,(H,26,27,28)/t15-/m1/s1. The molecule has 0 amide bonds. The first-order valence-electron chi connectivity index (χ1n) is 9.31. The van der Waals surface area contributed by atoms with Gasteiger partial charge in [0, 0.05) is 29.2 Å². The SMILES string of the molecule is C[C@@H](C(N)=Cc1ncnc2[nH]c(-c3ccc(CN)cc3)cc12)c1ccccc1. The summed E-state index contributed by atoms with van der Waals surface area (Å²) in [5.41, 5.74) is 18.8. The maximum Gasteiger partial charge on any atom is 0.141 e. The Morgan fingerprint density at radius 3 is 2.54 bits per heavy atom. The number of hydrogen-bond acceptors (Lipinski definition) is 4. The Morgan fingerprint density at radius 2 is 1.82 bits per heavy atom. The van der Waals surface area contributed by atoms with Gasteiger partial charge < -0.3 is 16.5 Å². The quantitative estimate of drug-likeness (QED) is 0.492. The first-order valence-corrected chi connectivity index (χ1v) is 9.31. The van der Waals surface area contributed by atoms with Crippen LogP contribution in [0.25, 0.3) is 28.4 Å². The molecule has 140 valence electrons. The molecule has 2 heterocycles. The lowest BCUT2D eigenvalue weighted by Gasteiger charge is -2.12. The minimum Gasteiger partial charge on any atom is -0.401 e. The first kappa shape index (κ1) is 17.9. The van der Waals surface area contributed by atoms with E-state index >= 15 is 0 Å². The van der Waals surface area contributed by atoms with Crippen LogP contribution in [0.15, 0.2) is 72.7 Å². The summed E-state index contributed by atoms with van der Waals surface area (Å²) in [6.07, 6.45) is 3.50. The Balaban J connectivity index is 1.70. The molecule has 0 fully saturated rings. The molecule has 0 saturated carbocycles. The van der Waals surface area contributed by atoms with Crippen molar-refractivity contribution < 1.29 is 0 Å². The molecule has 1 atom stereocenters. The minimum absolute atomic E-state index is 0.105. The first-order chi connectivity index (χ1) is 13.7. The lowest BCUT2D eigenvalue weighted by Crippen LogP contribution is -2.07. The molecule has 4 aromatic rings. The van der Waals surface area contributed by atoms with Crippen molar-refractivity contribution in [2.75, 3.05) is 0 Å². The Kier molecular flexibility index (Phi) is 4.91. The number of nitrogens with zero attached hydrogens (tertiary/aromatic N) is 2. The molecule has 0 bridgehead atoms. The van der Waals surface area contributed by atoms with E-state index in [2.05, 4.69) is 52.2 Å². The van der Waals surface area contributed by atoms with Gasteiger partial charge in [0.1, 0.15) is 12.0 Å². The smallest absolute Gasteiger partial charge is 0.141 e. The normalized spacial score (nSPS) is 13.0. The van der Waals surface area contributed by atoms with Gasteiger partial charge in [-0.15, -0.1) is 0 Å². The fourth-order valence-electron chi connectivity index (χ4n) is 3.27. The highest BCUT2D eigenvalue weighted by atomic mass is 14.9. The molecule has 5 N–H and O–H groups in total. The Hall–Kier alpha value is -3.44. The summed E-state index contributed by atoms with van der Waals surface area (Å²) in [6, 6.07) is 20.5. The molecule has 0 radical (unpaired) electrons. The minimum atomic E-state index is 0.105. The van der Waals surface area contributed by atoms with E-state index < -0.39 is 0 Å². The molecule has 0 aliphatic carbocycles. The molecule has 0 spiro atoms. The van der Waals surface area contributed by atoms with Crippen LogP contribution in [0.5, 0.6) is 0 Å². The average Bonchev–Trinajstić information content (AvgIpc) is 3.19. The summed E-state index contributed by atoms with van der Waals surface area (Å²) in [4.78, 5) is 12.2. The maximum atomic E-state index is 6.40. The Morgan fingerprint density at radius 1 is 1.07 bits per heavy atom. The van der Waals surface area contributed by atoms with Gasteiger partial charge >= 0.3 is 0 Å². The van der Waals surface area contributed by atoms with Crippen molar-refractivity contribution in [2.24, 2.45) is 11.5 Å². The average molecular weight is 369 g/mol. The monoisotopic (exact) mass is 369 g/mol. The van der Waals surface area contributed by atoms with E-state index in [1.54, 1.807) is 6.33 Å². The molecule has 5 heteroatoms. The largest absolute Gasteiger partial charge is 0.401 e. The summed E-state index contributed by atoms with van der Waals surface area (Å²) in [5.74, 6) is 0.105. The van der Waals surface area contributed by atoms with Crippen molar-refractivity contribution >= 4 is 17.1 Å². The predicted molar refractivity (Wildman–Crippen MR) is 114 cm³/mol. The second-order valence-corrected chi connectivity index (χ2v) is 6.88. The summed E-state index contributed by atoms with van der Waals surface area (Å²) >= 11 is 0. The summed E-state index contributed by atoms with van der Waals surface area (Å²) in [7, 11) is 0. The highest BCUT2D eigenvalue weighted by molar-refractivity contribution is 5.89. The number of allylic oxidation sites excluding steroid dienone is 1. The number of benzene rings is 2. The topological polar surface area (TPSA) is 93.6 Å². The molecule has 28 heavy (non-hydrogen) atoms. The highest BCUT2D eigenvalue weighted by Crippen LogP contribution is 2.27. The van der Waals surface area contributed by atoms with Gasteiger partial charge in [-0.1, -0.05) is 61.5 Å². The van der Waals surface area contributed by atoms with Crippen LogP contribution in [0.2, 0.25) is 0 Å². The third kappa shape index (κ3) is 3.52. The van der Waals surface area contributed by atoms with Crippen molar-refractivity contribution in [1.82, 2.24) is 15.0 Å². The number of aromatic amines is 1. The number of nitrogens with two attached hydrogens (primary N) is 2. The zero-order chi connectivity index (χ0) is 19.5.